The third-order valence-electron chi connectivity index (χ3n) is 2.26. The second kappa shape index (κ2) is 4.22. The Labute approximate surface area is 93.1 Å². The smallest absolute Gasteiger partial charge is 0.255 e. The number of aromatic nitrogens is 2. The summed E-state index contributed by atoms with van der Waals surface area (Å²) in [6, 6.07) is 3.60. The van der Waals surface area contributed by atoms with E-state index in [2.05, 4.69) is 10.4 Å². The topological polar surface area (TPSA) is 60.1 Å². The normalized spacial score (nSPS) is 10.4. The summed E-state index contributed by atoms with van der Waals surface area (Å²) in [4.78, 5) is 11.8. The lowest BCUT2D eigenvalue weighted by molar-refractivity contribution is 0.0947. The van der Waals surface area contributed by atoms with Crippen molar-refractivity contribution in [1.82, 2.24) is 15.1 Å². The van der Waals surface area contributed by atoms with Gasteiger partial charge >= 0.3 is 0 Å². The number of aryl methyl sites for hydroxylation is 2. The van der Waals surface area contributed by atoms with Crippen LogP contribution in [0.2, 0.25) is 0 Å². The van der Waals surface area contributed by atoms with Gasteiger partial charge < -0.3 is 9.73 Å². The molecular weight excluding hydrogens is 206 g/mol. The van der Waals surface area contributed by atoms with E-state index in [1.54, 1.807) is 30.3 Å². The van der Waals surface area contributed by atoms with Gasteiger partial charge in [0.05, 0.1) is 24.1 Å². The van der Waals surface area contributed by atoms with E-state index >= 15 is 0 Å². The molecule has 1 N–H and O–H groups in total. The highest BCUT2D eigenvalue weighted by molar-refractivity contribution is 5.94. The fraction of sp³-hybridized carbons (Fsp3) is 0.273. The summed E-state index contributed by atoms with van der Waals surface area (Å²) >= 11 is 0. The first-order chi connectivity index (χ1) is 7.66. The third-order valence-corrected chi connectivity index (χ3v) is 2.26. The Kier molecular flexibility index (Phi) is 2.76. The number of nitrogens with zero attached hydrogens (tertiary/aromatic N) is 2. The van der Waals surface area contributed by atoms with Crippen LogP contribution < -0.4 is 5.32 Å². The summed E-state index contributed by atoms with van der Waals surface area (Å²) in [5.74, 6) is 0.594. The highest BCUT2D eigenvalue weighted by atomic mass is 16.3. The maximum absolute atomic E-state index is 11.8. The highest BCUT2D eigenvalue weighted by Gasteiger charge is 2.12. The molecule has 84 valence electrons. The Bertz CT molecular complexity index is 485. The molecule has 0 fully saturated rings. The molecule has 0 atom stereocenters. The van der Waals surface area contributed by atoms with E-state index in [9.17, 15) is 4.79 Å². The van der Waals surface area contributed by atoms with E-state index < -0.39 is 0 Å². The van der Waals surface area contributed by atoms with Crippen molar-refractivity contribution in [1.29, 1.82) is 0 Å². The fourth-order valence-electron chi connectivity index (χ4n) is 1.50. The van der Waals surface area contributed by atoms with Crippen LogP contribution >= 0.6 is 0 Å². The van der Waals surface area contributed by atoms with Gasteiger partial charge in [-0.25, -0.2) is 0 Å². The summed E-state index contributed by atoms with van der Waals surface area (Å²) in [5.41, 5.74) is 1.31. The first-order valence-electron chi connectivity index (χ1n) is 4.97. The first kappa shape index (κ1) is 10.5. The lowest BCUT2D eigenvalue weighted by Crippen LogP contribution is -2.22. The molecule has 2 aromatic rings. The Morgan fingerprint density at radius 3 is 3.00 bits per heavy atom. The number of carbonyl (C=O) groups is 1. The number of furan rings is 1. The molecule has 0 radical (unpaired) electrons. The first-order valence-corrected chi connectivity index (χ1v) is 4.97. The zero-order valence-corrected chi connectivity index (χ0v) is 9.23. The van der Waals surface area contributed by atoms with Crippen molar-refractivity contribution in [3.8, 4) is 0 Å². The Hall–Kier alpha value is -2.04. The zero-order valence-electron chi connectivity index (χ0n) is 9.23. The van der Waals surface area contributed by atoms with Gasteiger partial charge in [-0.05, 0) is 19.1 Å². The van der Waals surface area contributed by atoms with Gasteiger partial charge in [0.25, 0.3) is 5.91 Å². The van der Waals surface area contributed by atoms with Crippen LogP contribution in [0.3, 0.4) is 0 Å². The van der Waals surface area contributed by atoms with Crippen LogP contribution in [0.15, 0.2) is 29.0 Å². The Balaban J connectivity index is 2.01. The molecule has 5 nitrogen and oxygen atoms in total. The van der Waals surface area contributed by atoms with Gasteiger partial charge in [-0.2, -0.15) is 5.10 Å². The van der Waals surface area contributed by atoms with E-state index in [1.165, 1.54) is 0 Å². The van der Waals surface area contributed by atoms with E-state index in [0.717, 1.165) is 11.5 Å². The highest BCUT2D eigenvalue weighted by Crippen LogP contribution is 2.05. The summed E-state index contributed by atoms with van der Waals surface area (Å²) in [7, 11) is 1.79. The maximum atomic E-state index is 11.8. The molecule has 0 aliphatic heterocycles. The molecule has 0 spiro atoms. The second-order valence-electron chi connectivity index (χ2n) is 3.56. The minimum absolute atomic E-state index is 0.137. The van der Waals surface area contributed by atoms with Crippen molar-refractivity contribution in [2.45, 2.75) is 13.5 Å². The predicted molar refractivity (Wildman–Crippen MR) is 57.8 cm³/mol. The molecule has 0 aliphatic carbocycles. The molecule has 0 saturated carbocycles. The van der Waals surface area contributed by atoms with Crippen molar-refractivity contribution in [2.75, 3.05) is 0 Å². The summed E-state index contributed by atoms with van der Waals surface area (Å²) < 4.78 is 6.74. The largest absolute Gasteiger partial charge is 0.467 e. The summed E-state index contributed by atoms with van der Waals surface area (Å²) in [5, 5.41) is 6.88. The number of hydrogen-bond donors (Lipinski definition) is 1. The molecule has 1 amide bonds. The molecule has 0 aliphatic rings. The number of rotatable bonds is 3. The Morgan fingerprint density at radius 2 is 2.44 bits per heavy atom. The van der Waals surface area contributed by atoms with Gasteiger partial charge in [0.15, 0.2) is 0 Å². The van der Waals surface area contributed by atoms with Crippen LogP contribution in [-0.4, -0.2) is 15.7 Å². The van der Waals surface area contributed by atoms with E-state index in [-0.39, 0.29) is 5.91 Å². The minimum atomic E-state index is -0.137. The molecule has 2 aromatic heterocycles. The number of hydrogen-bond acceptors (Lipinski definition) is 3. The summed E-state index contributed by atoms with van der Waals surface area (Å²) in [6.45, 7) is 2.20. The maximum Gasteiger partial charge on any atom is 0.255 e. The molecule has 0 bridgehead atoms. The summed E-state index contributed by atoms with van der Waals surface area (Å²) in [6.07, 6.45) is 3.28. The van der Waals surface area contributed by atoms with Crippen LogP contribution in [0.4, 0.5) is 0 Å². The predicted octanol–water partition coefficient (Wildman–Crippen LogP) is 1.25. The fourth-order valence-corrected chi connectivity index (χ4v) is 1.50. The molecule has 5 heteroatoms. The monoisotopic (exact) mass is 219 g/mol. The van der Waals surface area contributed by atoms with Crippen molar-refractivity contribution >= 4 is 5.91 Å². The molecule has 0 saturated heterocycles. The van der Waals surface area contributed by atoms with Crippen molar-refractivity contribution in [3.05, 3.63) is 41.6 Å². The van der Waals surface area contributed by atoms with Crippen LogP contribution in [0.5, 0.6) is 0 Å². The number of carbonyl (C=O) groups excluding carboxylic acids is 1. The van der Waals surface area contributed by atoms with Crippen LogP contribution in [0.25, 0.3) is 0 Å². The molecule has 0 aromatic carbocycles. The van der Waals surface area contributed by atoms with Gasteiger partial charge in [-0.15, -0.1) is 0 Å². The zero-order chi connectivity index (χ0) is 11.5. The SMILES string of the molecule is Cc1nn(C)cc1C(=O)NCc1ccco1. The second-order valence-corrected chi connectivity index (χ2v) is 3.56. The van der Waals surface area contributed by atoms with Crippen LogP contribution in [-0.2, 0) is 13.6 Å². The van der Waals surface area contributed by atoms with Gasteiger partial charge in [0.1, 0.15) is 5.76 Å². The van der Waals surface area contributed by atoms with Crippen molar-refractivity contribution in [3.63, 3.8) is 0 Å². The van der Waals surface area contributed by atoms with Crippen molar-refractivity contribution in [2.24, 2.45) is 7.05 Å². The number of nitrogens with one attached hydrogen (secondary N) is 1. The van der Waals surface area contributed by atoms with Crippen LogP contribution in [0, 0.1) is 6.92 Å². The lowest BCUT2D eigenvalue weighted by Gasteiger charge is -2.01. The molecule has 2 rings (SSSR count). The van der Waals surface area contributed by atoms with Gasteiger partial charge in [0.2, 0.25) is 0 Å². The van der Waals surface area contributed by atoms with E-state index in [1.807, 2.05) is 13.0 Å². The van der Waals surface area contributed by atoms with Crippen LogP contribution in [0.1, 0.15) is 21.8 Å². The van der Waals surface area contributed by atoms with Gasteiger partial charge in [-0.1, -0.05) is 0 Å². The van der Waals surface area contributed by atoms with Crippen molar-refractivity contribution < 1.29 is 9.21 Å². The lowest BCUT2D eigenvalue weighted by atomic mass is 10.2. The van der Waals surface area contributed by atoms with Gasteiger partial charge in [0, 0.05) is 13.2 Å². The average Bonchev–Trinajstić information content (AvgIpc) is 2.84. The van der Waals surface area contributed by atoms with Gasteiger partial charge in [-0.3, -0.25) is 9.48 Å². The molecule has 0 unspecified atom stereocenters. The van der Waals surface area contributed by atoms with E-state index in [4.69, 9.17) is 4.42 Å². The molecule has 16 heavy (non-hydrogen) atoms. The number of amides is 1. The van der Waals surface area contributed by atoms with E-state index in [0.29, 0.717) is 12.1 Å². The quantitative estimate of drug-likeness (QED) is 0.845. The molecular formula is C11H13N3O2. The average molecular weight is 219 g/mol. The minimum Gasteiger partial charge on any atom is -0.467 e. The third kappa shape index (κ3) is 2.13. The standard InChI is InChI=1S/C11H13N3O2/c1-8-10(7-14(2)13-8)11(15)12-6-9-4-3-5-16-9/h3-5,7H,6H2,1-2H3,(H,12,15). The Morgan fingerprint density at radius 1 is 1.62 bits per heavy atom. The molecule has 2 heterocycles.